The molecule has 0 bridgehead atoms. The Morgan fingerprint density at radius 3 is 2.71 bits per heavy atom. The van der Waals surface area contributed by atoms with Gasteiger partial charge >= 0.3 is 0 Å². The molecule has 2 N–H and O–H groups in total. The van der Waals surface area contributed by atoms with Gasteiger partial charge in [0.05, 0.1) is 12.7 Å². The Morgan fingerprint density at radius 1 is 1.11 bits per heavy atom. The van der Waals surface area contributed by atoms with Crippen LogP contribution in [0, 0.1) is 12.8 Å². The Balaban J connectivity index is 1.13. The molecule has 3 aliphatic rings. The number of anilines is 1. The SMILES string of the molecule is COC1COCC[C@@H]1NC1CCN(C(=O)c2ncnc(NC[C@H]3CCC[C@@H](c4ccccc4)C3)c2C)CC1. The monoisotopic (exact) mass is 521 g/mol. The molecule has 1 aromatic carbocycles. The number of aromatic nitrogens is 2. The van der Waals surface area contributed by atoms with Crippen molar-refractivity contribution in [2.24, 2.45) is 5.92 Å². The maximum absolute atomic E-state index is 13.4. The van der Waals surface area contributed by atoms with Crippen molar-refractivity contribution in [3.63, 3.8) is 0 Å². The number of amides is 1. The summed E-state index contributed by atoms with van der Waals surface area (Å²) >= 11 is 0. The topological polar surface area (TPSA) is 88.6 Å². The maximum Gasteiger partial charge on any atom is 0.272 e. The number of nitrogens with one attached hydrogen (secondary N) is 2. The fourth-order valence-corrected chi connectivity index (χ4v) is 6.43. The van der Waals surface area contributed by atoms with E-state index >= 15 is 0 Å². The fourth-order valence-electron chi connectivity index (χ4n) is 6.43. The summed E-state index contributed by atoms with van der Waals surface area (Å²) in [6.07, 6.45) is 9.38. The molecule has 8 heteroatoms. The van der Waals surface area contributed by atoms with E-state index in [1.165, 1.54) is 37.6 Å². The number of hydrogen-bond donors (Lipinski definition) is 2. The lowest BCUT2D eigenvalue weighted by Gasteiger charge is -2.38. The van der Waals surface area contributed by atoms with Crippen LogP contribution in [-0.4, -0.2) is 78.9 Å². The predicted octanol–water partition coefficient (Wildman–Crippen LogP) is 4.17. The highest BCUT2D eigenvalue weighted by Crippen LogP contribution is 2.36. The molecule has 1 aliphatic carbocycles. The number of methoxy groups -OCH3 is 1. The summed E-state index contributed by atoms with van der Waals surface area (Å²) in [6, 6.07) is 11.6. The summed E-state index contributed by atoms with van der Waals surface area (Å²) in [7, 11) is 1.75. The van der Waals surface area contributed by atoms with Gasteiger partial charge in [0.2, 0.25) is 0 Å². The van der Waals surface area contributed by atoms with Gasteiger partial charge in [-0.1, -0.05) is 36.8 Å². The zero-order valence-electron chi connectivity index (χ0n) is 22.9. The van der Waals surface area contributed by atoms with Crippen LogP contribution < -0.4 is 10.6 Å². The van der Waals surface area contributed by atoms with Crippen LogP contribution in [0.15, 0.2) is 36.7 Å². The summed E-state index contributed by atoms with van der Waals surface area (Å²) in [5.41, 5.74) is 2.82. The summed E-state index contributed by atoms with van der Waals surface area (Å²) in [5.74, 6) is 2.02. The number of rotatable bonds is 8. The average molecular weight is 522 g/mol. The van der Waals surface area contributed by atoms with E-state index in [4.69, 9.17) is 9.47 Å². The zero-order chi connectivity index (χ0) is 26.3. The molecule has 1 unspecified atom stereocenters. The van der Waals surface area contributed by atoms with E-state index in [0.29, 0.717) is 36.2 Å². The first-order valence-electron chi connectivity index (χ1n) is 14.4. The Labute approximate surface area is 226 Å². The Bertz CT molecular complexity index is 1040. The van der Waals surface area contributed by atoms with Crippen LogP contribution in [0.2, 0.25) is 0 Å². The van der Waals surface area contributed by atoms with Gasteiger partial charge in [-0.25, -0.2) is 9.97 Å². The molecule has 3 fully saturated rings. The van der Waals surface area contributed by atoms with Crippen LogP contribution in [0.3, 0.4) is 0 Å². The Morgan fingerprint density at radius 2 is 1.92 bits per heavy atom. The van der Waals surface area contributed by atoms with E-state index in [9.17, 15) is 4.79 Å². The third-order valence-corrected chi connectivity index (χ3v) is 8.74. The van der Waals surface area contributed by atoms with Gasteiger partial charge < -0.3 is 25.0 Å². The van der Waals surface area contributed by atoms with Gasteiger partial charge in [-0.3, -0.25) is 4.79 Å². The second-order valence-corrected chi connectivity index (χ2v) is 11.2. The summed E-state index contributed by atoms with van der Waals surface area (Å²) in [4.78, 5) is 24.3. The van der Waals surface area contributed by atoms with Gasteiger partial charge in [0.1, 0.15) is 17.8 Å². The molecular weight excluding hydrogens is 478 g/mol. The van der Waals surface area contributed by atoms with Gasteiger partial charge in [0, 0.05) is 51.0 Å². The minimum absolute atomic E-state index is 0.00837. The number of piperidine rings is 1. The van der Waals surface area contributed by atoms with Gasteiger partial charge in [-0.05, 0) is 62.8 Å². The molecule has 2 saturated heterocycles. The second-order valence-electron chi connectivity index (χ2n) is 11.2. The van der Waals surface area contributed by atoms with E-state index in [1.807, 2.05) is 11.8 Å². The maximum atomic E-state index is 13.4. The zero-order valence-corrected chi connectivity index (χ0v) is 22.9. The number of hydrogen-bond acceptors (Lipinski definition) is 7. The first-order chi connectivity index (χ1) is 18.6. The van der Waals surface area contributed by atoms with Gasteiger partial charge in [-0.2, -0.15) is 0 Å². The van der Waals surface area contributed by atoms with Crippen LogP contribution in [-0.2, 0) is 9.47 Å². The van der Waals surface area contributed by atoms with Crippen LogP contribution in [0.4, 0.5) is 5.82 Å². The highest BCUT2D eigenvalue weighted by Gasteiger charge is 2.31. The highest BCUT2D eigenvalue weighted by atomic mass is 16.5. The Kier molecular flexibility index (Phi) is 9.25. The summed E-state index contributed by atoms with van der Waals surface area (Å²) < 4.78 is 11.1. The van der Waals surface area contributed by atoms with E-state index in [1.54, 1.807) is 7.11 Å². The minimum atomic E-state index is 0.00837. The van der Waals surface area contributed by atoms with Gasteiger partial charge in [0.15, 0.2) is 0 Å². The molecule has 38 heavy (non-hydrogen) atoms. The number of benzene rings is 1. The quantitative estimate of drug-likeness (QED) is 0.539. The second kappa shape index (κ2) is 13.0. The van der Waals surface area contributed by atoms with Crippen molar-refractivity contribution in [2.45, 2.75) is 76.0 Å². The molecule has 0 spiro atoms. The van der Waals surface area contributed by atoms with E-state index < -0.39 is 0 Å². The van der Waals surface area contributed by atoms with Crippen molar-refractivity contribution in [3.8, 4) is 0 Å². The van der Waals surface area contributed by atoms with E-state index in [0.717, 1.165) is 56.9 Å². The van der Waals surface area contributed by atoms with Crippen molar-refractivity contribution in [3.05, 3.63) is 53.5 Å². The lowest BCUT2D eigenvalue weighted by Crippen LogP contribution is -2.54. The van der Waals surface area contributed by atoms with Crippen LogP contribution in [0.5, 0.6) is 0 Å². The molecule has 1 aromatic heterocycles. The van der Waals surface area contributed by atoms with Crippen molar-refractivity contribution in [1.82, 2.24) is 20.2 Å². The van der Waals surface area contributed by atoms with E-state index in [2.05, 4.69) is 50.9 Å². The van der Waals surface area contributed by atoms with Gasteiger partial charge in [-0.15, -0.1) is 0 Å². The molecule has 8 nitrogen and oxygen atoms in total. The van der Waals surface area contributed by atoms with Crippen molar-refractivity contribution < 1.29 is 14.3 Å². The van der Waals surface area contributed by atoms with Crippen LogP contribution in [0.25, 0.3) is 0 Å². The first-order valence-corrected chi connectivity index (χ1v) is 14.4. The molecule has 0 radical (unpaired) electrons. The number of nitrogens with zero attached hydrogens (tertiary/aromatic N) is 3. The molecule has 206 valence electrons. The average Bonchev–Trinajstić information content (AvgIpc) is 2.97. The van der Waals surface area contributed by atoms with Crippen LogP contribution >= 0.6 is 0 Å². The predicted molar refractivity (Wildman–Crippen MR) is 148 cm³/mol. The van der Waals surface area contributed by atoms with Gasteiger partial charge in [0.25, 0.3) is 5.91 Å². The fraction of sp³-hybridized carbons (Fsp3) is 0.633. The smallest absolute Gasteiger partial charge is 0.272 e. The first kappa shape index (κ1) is 27.0. The van der Waals surface area contributed by atoms with E-state index in [-0.39, 0.29) is 12.0 Å². The lowest BCUT2D eigenvalue weighted by molar-refractivity contribution is -0.0533. The molecule has 2 aromatic rings. The molecule has 1 amide bonds. The third kappa shape index (κ3) is 6.53. The Hall–Kier alpha value is -2.55. The largest absolute Gasteiger partial charge is 0.379 e. The third-order valence-electron chi connectivity index (χ3n) is 8.74. The molecule has 3 heterocycles. The van der Waals surface area contributed by atoms with Crippen molar-refractivity contribution >= 4 is 11.7 Å². The standard InChI is InChI=1S/C30H43N5O3/c1-21-28(30(36)35-14-11-25(12-15-35)34-26-13-16-38-19-27(26)37-2)32-20-33-29(21)31-18-22-7-6-10-24(17-22)23-8-4-3-5-9-23/h3-5,8-9,20,22,24-27,34H,6-7,10-19H2,1-2H3,(H,31,32,33)/t22-,24+,26-,27?/m0/s1. The molecule has 1 saturated carbocycles. The summed E-state index contributed by atoms with van der Waals surface area (Å²) in [5, 5.41) is 7.32. The summed E-state index contributed by atoms with van der Waals surface area (Å²) in [6.45, 7) is 5.71. The number of ether oxygens (including phenoxy) is 2. The van der Waals surface area contributed by atoms with Crippen LogP contribution in [0.1, 0.15) is 72.5 Å². The molecular formula is C30H43N5O3. The molecule has 5 rings (SSSR count). The number of carbonyl (C=O) groups excluding carboxylic acids is 1. The molecule has 2 aliphatic heterocycles. The molecule has 4 atom stereocenters. The highest BCUT2D eigenvalue weighted by molar-refractivity contribution is 5.94. The minimum Gasteiger partial charge on any atom is -0.379 e. The van der Waals surface area contributed by atoms with Crippen molar-refractivity contribution in [2.75, 3.05) is 45.3 Å². The normalized spacial score (nSPS) is 26.7. The number of likely N-dealkylation sites (tertiary alicyclic amines) is 1. The lowest BCUT2D eigenvalue weighted by atomic mass is 9.78. The number of carbonyl (C=O) groups is 1. The van der Waals surface area contributed by atoms with Crippen molar-refractivity contribution in [1.29, 1.82) is 0 Å².